The monoisotopic (exact) mass is 921 g/mol. The molecular weight excluding hydrogens is 858 g/mol. The summed E-state index contributed by atoms with van der Waals surface area (Å²) < 4.78 is 22.2. The molecule has 8 atom stereocenters. The lowest BCUT2D eigenvalue weighted by Gasteiger charge is -2.43. The van der Waals surface area contributed by atoms with Crippen molar-refractivity contribution >= 4 is 64.7 Å². The van der Waals surface area contributed by atoms with Crippen molar-refractivity contribution in [2.75, 3.05) is 46.3 Å². The number of methoxy groups -OCH3 is 2. The molecule has 4 bridgehead atoms. The molecular formula is C44H64ClN5O12S. The van der Waals surface area contributed by atoms with Gasteiger partial charge in [-0.15, -0.1) is 11.8 Å². The predicted octanol–water partition coefficient (Wildman–Crippen LogP) is 3.88. The van der Waals surface area contributed by atoms with Crippen molar-refractivity contribution in [3.63, 3.8) is 0 Å². The smallest absolute Gasteiger partial charge is 0.409 e. The zero-order valence-electron chi connectivity index (χ0n) is 37.9. The maximum absolute atomic E-state index is 14.2. The number of aliphatic hydroxyl groups is 2. The zero-order chi connectivity index (χ0) is 47.2. The number of imide groups is 1. The fraction of sp³-hybridized carbons (Fsp3) is 0.636. The van der Waals surface area contributed by atoms with Gasteiger partial charge in [-0.2, -0.15) is 0 Å². The molecule has 5 N–H and O–H groups in total. The van der Waals surface area contributed by atoms with Gasteiger partial charge in [0.1, 0.15) is 35.1 Å². The number of fused-ring (bicyclic) bond motifs is 4. The molecule has 2 saturated heterocycles. The van der Waals surface area contributed by atoms with Gasteiger partial charge < -0.3 is 44.7 Å². The lowest BCUT2D eigenvalue weighted by Crippen LogP contribution is -2.63. The number of nitrogens with two attached hydrogens (primary N) is 1. The third-order valence-electron chi connectivity index (χ3n) is 12.0. The molecule has 3 aliphatic rings. The summed E-state index contributed by atoms with van der Waals surface area (Å²) in [5, 5.41) is 26.0. The number of rotatable bonds is 12. The number of anilines is 1. The van der Waals surface area contributed by atoms with Gasteiger partial charge >= 0.3 is 12.1 Å². The lowest BCUT2D eigenvalue weighted by atomic mass is 9.81. The van der Waals surface area contributed by atoms with E-state index in [1.165, 1.54) is 68.6 Å². The number of nitrogens with one attached hydrogen (secondary N) is 1. The van der Waals surface area contributed by atoms with Gasteiger partial charge in [-0.1, -0.05) is 56.2 Å². The number of amides is 5. The van der Waals surface area contributed by atoms with E-state index in [1.807, 2.05) is 26.8 Å². The normalized spacial score (nSPS) is 29.3. The number of nitrogens with zero attached hydrogens (tertiary/aromatic N) is 3. The minimum absolute atomic E-state index is 0.00291. The highest BCUT2D eigenvalue weighted by molar-refractivity contribution is 8.02. The molecule has 0 aliphatic carbocycles. The van der Waals surface area contributed by atoms with Crippen molar-refractivity contribution in [2.45, 2.75) is 132 Å². The Balaban J connectivity index is 1.62. The first-order valence-corrected chi connectivity index (χ1v) is 22.2. The molecule has 5 amide bonds. The van der Waals surface area contributed by atoms with E-state index in [-0.39, 0.29) is 55.6 Å². The molecule has 17 nitrogen and oxygen atoms in total. The maximum atomic E-state index is 14.2. The van der Waals surface area contributed by atoms with Crippen LogP contribution in [0.4, 0.5) is 10.5 Å². The number of thioether (sulfide) groups is 1. The Morgan fingerprint density at radius 1 is 1.14 bits per heavy atom. The highest BCUT2D eigenvalue weighted by Gasteiger charge is 2.49. The van der Waals surface area contributed by atoms with Gasteiger partial charge in [-0.05, 0) is 63.6 Å². The predicted molar refractivity (Wildman–Crippen MR) is 238 cm³/mol. The highest BCUT2D eigenvalue weighted by atomic mass is 35.5. The third-order valence-corrected chi connectivity index (χ3v) is 13.8. The molecule has 4 rings (SSSR count). The summed E-state index contributed by atoms with van der Waals surface area (Å²) in [6.45, 7) is 10.5. The van der Waals surface area contributed by atoms with Crippen LogP contribution in [0.3, 0.4) is 0 Å². The van der Waals surface area contributed by atoms with E-state index in [4.69, 9.17) is 36.3 Å². The van der Waals surface area contributed by atoms with Gasteiger partial charge in [0.05, 0.1) is 30.1 Å². The number of allylic oxidation sites excluding steroid dienone is 3. The van der Waals surface area contributed by atoms with Crippen molar-refractivity contribution in [1.29, 1.82) is 0 Å². The van der Waals surface area contributed by atoms with E-state index in [2.05, 4.69) is 5.32 Å². The van der Waals surface area contributed by atoms with E-state index in [0.717, 1.165) is 11.1 Å². The van der Waals surface area contributed by atoms with Crippen LogP contribution in [0, 0.1) is 5.92 Å². The van der Waals surface area contributed by atoms with E-state index in [1.54, 1.807) is 31.2 Å². The Labute approximate surface area is 379 Å². The van der Waals surface area contributed by atoms with Crippen LogP contribution in [0.25, 0.3) is 0 Å². The summed E-state index contributed by atoms with van der Waals surface area (Å²) in [7, 11) is 5.79. The second-order valence-corrected chi connectivity index (χ2v) is 19.9. The number of ether oxygens (including phenoxy) is 4. The van der Waals surface area contributed by atoms with Gasteiger partial charge in [-0.25, -0.2) is 9.59 Å². The molecule has 3 heterocycles. The van der Waals surface area contributed by atoms with Gasteiger partial charge in [0.2, 0.25) is 23.6 Å². The Bertz CT molecular complexity index is 1960. The zero-order valence-corrected chi connectivity index (χ0v) is 39.5. The second kappa shape index (κ2) is 21.2. The number of likely N-dealkylation sites (tertiary alicyclic amines) is 1. The van der Waals surface area contributed by atoms with Crippen molar-refractivity contribution in [1.82, 2.24) is 15.1 Å². The van der Waals surface area contributed by atoms with E-state index >= 15 is 0 Å². The molecule has 3 aliphatic heterocycles. The standard InChI is InChI=1S/C44H64ClN5O12S/c1-25-12-11-13-33(60-10)44(58)24-31(61-41(56)47-44)26(2)23-43(6,57)34(22-36(52)49(8)29-19-28(18-25)20-30(59-9)38(29)45)62-40(55)27(3)48(7)35(51)14-15-42(4,5)63-32-21-37(53)50(17-16-46)39(32)54/h11-13,19-20,26-27,31-34,57-58H,14-18,21-24,46H2,1-10H3,(H,47,56)/b13-11+,25-12+/t26-,27-,31?,32?,33+,34-,43+,44-/m0/s1. The molecule has 0 spiro atoms. The van der Waals surface area contributed by atoms with Crippen molar-refractivity contribution < 1.29 is 57.9 Å². The summed E-state index contributed by atoms with van der Waals surface area (Å²) in [5.74, 6) is -2.82. The minimum atomic E-state index is -1.95. The number of carbonyl (C=O) groups excluding carboxylic acids is 6. The van der Waals surface area contributed by atoms with Crippen LogP contribution >= 0.6 is 23.4 Å². The molecule has 63 heavy (non-hydrogen) atoms. The Morgan fingerprint density at radius 3 is 2.46 bits per heavy atom. The molecule has 350 valence electrons. The number of carbonyl (C=O) groups is 6. The van der Waals surface area contributed by atoms with Crippen LogP contribution in [0.5, 0.6) is 5.75 Å². The summed E-state index contributed by atoms with van der Waals surface area (Å²) in [4.78, 5) is 83.6. The summed E-state index contributed by atoms with van der Waals surface area (Å²) >= 11 is 8.08. The van der Waals surface area contributed by atoms with Crippen LogP contribution < -0.4 is 20.7 Å². The lowest BCUT2D eigenvalue weighted by molar-refractivity contribution is -0.176. The van der Waals surface area contributed by atoms with Gasteiger partial charge in [0.15, 0.2) is 5.72 Å². The SMILES string of the molecule is COc1cc2cc(c1Cl)N(C)C(=O)C[C@H](OC(=O)[C@H](C)N(C)C(=O)CCC(C)(C)SC1CC(=O)N(CCN)C1=O)[C@](C)(O)C[C@H](C)C1C[C@@](O)(NC(=O)O1)[C@H](OC)/C=C/C=C(\C)C2. The largest absolute Gasteiger partial charge is 0.495 e. The van der Waals surface area contributed by atoms with E-state index in [0.29, 0.717) is 24.3 Å². The molecule has 0 saturated carbocycles. The molecule has 1 aromatic carbocycles. The number of halogens is 1. The first-order valence-electron chi connectivity index (χ1n) is 21.0. The summed E-state index contributed by atoms with van der Waals surface area (Å²) in [6.07, 6.45) is 0.693. The summed E-state index contributed by atoms with van der Waals surface area (Å²) in [5.41, 5.74) is 3.66. The molecule has 19 heteroatoms. The number of likely N-dealkylation sites (N-methyl/N-ethyl adjacent to an activating group) is 1. The van der Waals surface area contributed by atoms with Gasteiger partial charge in [-0.3, -0.25) is 29.4 Å². The number of hydrogen-bond acceptors (Lipinski definition) is 14. The van der Waals surface area contributed by atoms with Crippen LogP contribution in [0.2, 0.25) is 5.02 Å². The number of benzene rings is 1. The molecule has 2 unspecified atom stereocenters. The first kappa shape index (κ1) is 51.4. The number of esters is 1. The van der Waals surface area contributed by atoms with Crippen molar-refractivity contribution in [3.05, 3.63) is 46.5 Å². The van der Waals surface area contributed by atoms with Crippen LogP contribution in [-0.2, 0) is 44.6 Å². The molecule has 1 aromatic rings. The number of hydrogen-bond donors (Lipinski definition) is 4. The molecule has 2 fully saturated rings. The van der Waals surface area contributed by atoms with E-state index < -0.39 is 81.9 Å². The van der Waals surface area contributed by atoms with Crippen LogP contribution in [0.1, 0.15) is 85.6 Å². The minimum Gasteiger partial charge on any atom is -0.495 e. The Hall–Kier alpha value is -4.20. The average molecular weight is 923 g/mol. The fourth-order valence-electron chi connectivity index (χ4n) is 8.00. The van der Waals surface area contributed by atoms with Gasteiger partial charge in [0.25, 0.3) is 0 Å². The molecule has 0 radical (unpaired) electrons. The Morgan fingerprint density at radius 2 is 1.83 bits per heavy atom. The highest BCUT2D eigenvalue weighted by Crippen LogP contribution is 2.40. The van der Waals surface area contributed by atoms with Crippen LogP contribution in [0.15, 0.2) is 35.9 Å². The third kappa shape index (κ3) is 12.8. The topological polar surface area (TPSA) is 228 Å². The molecule has 0 aromatic heterocycles. The fourth-order valence-corrected chi connectivity index (χ4v) is 9.76. The second-order valence-electron chi connectivity index (χ2n) is 17.6. The maximum Gasteiger partial charge on any atom is 0.409 e. The summed E-state index contributed by atoms with van der Waals surface area (Å²) in [6, 6.07) is 2.31. The van der Waals surface area contributed by atoms with Crippen molar-refractivity contribution in [2.24, 2.45) is 11.7 Å². The average Bonchev–Trinajstić information content (AvgIpc) is 3.46. The number of alkyl carbamates (subject to hydrolysis) is 1. The Kier molecular flexibility index (Phi) is 17.3. The van der Waals surface area contributed by atoms with Gasteiger partial charge in [0, 0.05) is 58.3 Å². The van der Waals surface area contributed by atoms with E-state index in [9.17, 15) is 39.0 Å². The quantitative estimate of drug-likeness (QED) is 0.173. The van der Waals surface area contributed by atoms with Crippen molar-refractivity contribution in [3.8, 4) is 5.75 Å². The first-order chi connectivity index (χ1) is 29.4. The van der Waals surface area contributed by atoms with Crippen LogP contribution in [-0.4, -0.2) is 143 Å².